The number of terminal acetylenes is 1. The molecule has 4 aromatic heterocycles. The van der Waals surface area contributed by atoms with Gasteiger partial charge in [-0.1, -0.05) is 216 Å². The predicted molar refractivity (Wildman–Crippen MR) is 390 cm³/mol. The summed E-state index contributed by atoms with van der Waals surface area (Å²) in [5.74, 6) is 33.2. The van der Waals surface area contributed by atoms with Crippen LogP contribution >= 0.6 is 0 Å². The van der Waals surface area contributed by atoms with E-state index in [9.17, 15) is 0 Å². The fraction of sp³-hybridized carbons (Fsp3) is 0.385. The van der Waals surface area contributed by atoms with Crippen molar-refractivity contribution in [3.8, 4) is 71.5 Å². The second-order valence-electron chi connectivity index (χ2n) is 23.9. The van der Waals surface area contributed by atoms with Crippen molar-refractivity contribution in [2.24, 2.45) is 11.8 Å². The highest BCUT2D eigenvalue weighted by atomic mass is 16.1. The Kier molecular flexibility index (Phi) is 18.8. The Bertz CT molecular complexity index is 4850. The van der Waals surface area contributed by atoms with Gasteiger partial charge in [0.2, 0.25) is 0 Å². The molecule has 8 heteroatoms. The fourth-order valence-corrected chi connectivity index (χ4v) is 13.4. The van der Waals surface area contributed by atoms with Gasteiger partial charge in [0, 0.05) is 66.5 Å². The van der Waals surface area contributed by atoms with Crippen LogP contribution in [0.5, 0.6) is 0 Å². The quantitative estimate of drug-likeness (QED) is 0.0193. The minimum atomic E-state index is -0.222. The van der Waals surface area contributed by atoms with Crippen molar-refractivity contribution in [2.75, 3.05) is 11.5 Å². The molecule has 0 aliphatic rings. The lowest BCUT2D eigenvalue weighted by molar-refractivity contribution is 0.474. The summed E-state index contributed by atoms with van der Waals surface area (Å²) in [5.41, 5.74) is 19.3. The van der Waals surface area contributed by atoms with E-state index < -0.39 is 0 Å². The number of nitrogens with two attached hydrogens (primary N) is 2. The van der Waals surface area contributed by atoms with Crippen LogP contribution in [-0.2, 0) is 0 Å². The summed E-state index contributed by atoms with van der Waals surface area (Å²) < 4.78 is 3.44. The van der Waals surface area contributed by atoms with E-state index in [1.807, 2.05) is 36.4 Å². The molecular weight excluding hydrogens is 1050 g/mol. The summed E-state index contributed by atoms with van der Waals surface area (Å²) in [6.45, 7) is 6.78. The van der Waals surface area contributed by atoms with Crippen molar-refractivity contribution in [2.45, 2.75) is 181 Å². The second kappa shape index (κ2) is 27.4. The molecule has 4 N–H and O–H groups in total. The maximum atomic E-state index is 15.1. The molecule has 0 fully saturated rings. The predicted octanol–water partition coefficient (Wildman–Crippen LogP) is 20.7. The van der Waals surface area contributed by atoms with E-state index in [2.05, 4.69) is 122 Å². The topological polar surface area (TPSA) is 121 Å². The van der Waals surface area contributed by atoms with Crippen LogP contribution in [0.2, 0.25) is 0 Å². The molecule has 0 aliphatic heterocycles. The monoisotopic (exact) mass is 1150 g/mol. The Morgan fingerprint density at radius 2 is 0.791 bits per heavy atom. The summed E-state index contributed by atoms with van der Waals surface area (Å²) >= 11 is 0. The third kappa shape index (κ3) is 12.0. The Morgan fingerprint density at radius 3 is 1.23 bits per heavy atom. The first kappa shape index (κ1) is 58.8. The molecule has 8 nitrogen and oxygen atoms in total. The molecule has 0 spiro atoms. The van der Waals surface area contributed by atoms with Crippen LogP contribution in [-0.4, -0.2) is 18.8 Å². The first-order chi connectivity index (χ1) is 42.2. The number of nitrogens with zero attached hydrogens (tertiary/aromatic N) is 4. The molecular formula is C78H102N6O2. The molecule has 0 saturated carbocycles. The van der Waals surface area contributed by atoms with Gasteiger partial charge in [0.1, 0.15) is 22.3 Å². The van der Waals surface area contributed by atoms with Gasteiger partial charge >= 0.3 is 0 Å². The number of hydrogen-bond donors (Lipinski definition) is 2. The van der Waals surface area contributed by atoms with Crippen LogP contribution in [0.15, 0.2) is 82.4 Å². The molecule has 4 heterocycles. The molecule has 7 aromatic carbocycles. The highest BCUT2D eigenvalue weighted by Crippen LogP contribution is 2.46. The lowest BCUT2D eigenvalue weighted by atomic mass is 9.86. The number of benzene rings is 7. The number of fused-ring (bicyclic) bond motifs is 10. The minimum Gasteiger partial charge on any atom is -0.397 e. The summed E-state index contributed by atoms with van der Waals surface area (Å²) in [5, 5.41) is 10.5. The fourth-order valence-electron chi connectivity index (χ4n) is 13.4. The van der Waals surface area contributed by atoms with Gasteiger partial charge in [-0.2, -0.15) is 0 Å². The molecule has 0 aliphatic carbocycles. The number of unbranched alkanes of at least 4 members (excludes halogenated alkanes) is 19. The molecule has 0 bridgehead atoms. The van der Waals surface area contributed by atoms with Crippen LogP contribution in [0.25, 0.3) is 98.0 Å². The number of aromatic nitrogens is 4. The first-order valence-electron chi connectivity index (χ1n) is 32.2. The highest BCUT2D eigenvalue weighted by molar-refractivity contribution is 6.40. The SMILES string of the molecule is C#CC#CC#CC#CC(C#Cc1cc(N)c2nc3c4ccc5c6ccc7c(=O)n8c9cc(C#CC(CCCCCCCC)CCCCCCCCCC)cc(N)c9nc8c8ccc(c9ccc(c(=O)n3c2c1)c4c95)c6c78)CCCCCCCCCC.[HH].[HH].[HH].[HH].[HH].[HH].[HH].[HH].[HH].[HH].[HH].[HH]. The third-order valence-corrected chi connectivity index (χ3v) is 17.9. The largest absolute Gasteiger partial charge is 0.397 e. The van der Waals surface area contributed by atoms with E-state index in [4.69, 9.17) is 27.9 Å². The van der Waals surface area contributed by atoms with E-state index in [-0.39, 0.29) is 34.2 Å². The Balaban J connectivity index is 0. The third-order valence-electron chi connectivity index (χ3n) is 17.9. The van der Waals surface area contributed by atoms with Crippen molar-refractivity contribution >= 4 is 109 Å². The number of nitrogen functional groups attached to an aromatic ring is 2. The van der Waals surface area contributed by atoms with Crippen LogP contribution in [0.3, 0.4) is 0 Å². The molecule has 11 aromatic rings. The van der Waals surface area contributed by atoms with Gasteiger partial charge in [-0.05, 0) is 136 Å². The summed E-state index contributed by atoms with van der Waals surface area (Å²) in [6, 6.07) is 24.2. The van der Waals surface area contributed by atoms with Gasteiger partial charge in [-0.3, -0.25) is 18.4 Å². The highest BCUT2D eigenvalue weighted by Gasteiger charge is 2.25. The maximum absolute atomic E-state index is 15.1. The zero-order chi connectivity index (χ0) is 59.5. The Morgan fingerprint density at radius 1 is 0.430 bits per heavy atom. The Hall–Kier alpha value is -8.92. The molecule has 11 rings (SSSR count). The lowest BCUT2D eigenvalue weighted by Crippen LogP contribution is -2.14. The standard InChI is InChI=1S/C78H78N6O2.12H2/c1-5-9-13-17-21-23-27-31-35-53(33-29-25-19-15-11-7-3)37-39-55-49-65(79)73-67(51-55)83-75(81-73)61-45-41-57-60-44-48-64-72-62(46-42-58(70(60)72)59-43-47-63(77(83)85)71(61)69(57)59)76-82-74-66(80)50-56(52-68(74)84(76)78(64)86)40-38-54(34-30-26-20-16-12-8-4)36-32-28-24-22-18-14-10-6-2;;;;;;;;;;;;/h3,41-54H,5-6,8-10,12-14,16-18,20-24,26-28,30-32,34-36,79-80H2,1-2,4H3;12*1H. The first-order valence-corrected chi connectivity index (χ1v) is 32.2. The van der Waals surface area contributed by atoms with Crippen molar-refractivity contribution in [3.05, 3.63) is 105 Å². The lowest BCUT2D eigenvalue weighted by Gasteiger charge is -2.18. The number of hydrogen-bond acceptors (Lipinski definition) is 6. The smallest absolute Gasteiger partial charge is 0.264 e. The Labute approximate surface area is 524 Å². The molecule has 86 heavy (non-hydrogen) atoms. The zero-order valence-electron chi connectivity index (χ0n) is 50.6. The normalized spacial score (nSPS) is 12.2. The average molecular weight is 1160 g/mol. The van der Waals surface area contributed by atoms with E-state index in [1.165, 1.54) is 128 Å². The van der Waals surface area contributed by atoms with Gasteiger partial charge in [0.25, 0.3) is 11.1 Å². The summed E-state index contributed by atoms with van der Waals surface area (Å²) in [6.07, 6.45) is 35.9. The molecule has 0 radical (unpaired) electrons. The zero-order valence-corrected chi connectivity index (χ0v) is 50.6. The van der Waals surface area contributed by atoms with Crippen molar-refractivity contribution < 1.29 is 17.1 Å². The summed E-state index contributed by atoms with van der Waals surface area (Å²) in [7, 11) is 0. The van der Waals surface area contributed by atoms with E-state index in [1.54, 1.807) is 8.80 Å². The number of rotatable bonds is 25. The molecule has 2 unspecified atom stereocenters. The van der Waals surface area contributed by atoms with E-state index >= 15 is 9.59 Å². The second-order valence-corrected chi connectivity index (χ2v) is 23.9. The molecule has 2 atom stereocenters. The number of imidazole rings is 2. The summed E-state index contributed by atoms with van der Waals surface area (Å²) in [4.78, 5) is 40.4. The van der Waals surface area contributed by atoms with E-state index in [0.717, 1.165) is 91.5 Å². The van der Waals surface area contributed by atoms with Gasteiger partial charge in [0.05, 0.1) is 28.3 Å². The maximum Gasteiger partial charge on any atom is 0.264 e. The van der Waals surface area contributed by atoms with Crippen molar-refractivity contribution in [1.82, 2.24) is 18.8 Å². The average Bonchev–Trinajstić information content (AvgIpc) is 1.20. The van der Waals surface area contributed by atoms with Crippen LogP contribution < -0.4 is 22.6 Å². The molecule has 0 amide bonds. The van der Waals surface area contributed by atoms with Gasteiger partial charge < -0.3 is 11.5 Å². The molecule has 456 valence electrons. The number of pyridine rings is 2. The molecule has 0 saturated heterocycles. The van der Waals surface area contributed by atoms with E-state index in [0.29, 0.717) is 67.0 Å². The minimum absolute atomic E-state index is 0. The van der Waals surface area contributed by atoms with Crippen LogP contribution in [0.1, 0.15) is 210 Å². The van der Waals surface area contributed by atoms with Crippen LogP contribution in [0.4, 0.5) is 11.4 Å². The van der Waals surface area contributed by atoms with Gasteiger partial charge in [0.15, 0.2) is 0 Å². The van der Waals surface area contributed by atoms with Crippen molar-refractivity contribution in [1.29, 1.82) is 0 Å². The van der Waals surface area contributed by atoms with Crippen molar-refractivity contribution in [3.63, 3.8) is 0 Å². The van der Waals surface area contributed by atoms with Gasteiger partial charge in [-0.25, -0.2) is 9.97 Å². The number of anilines is 2. The van der Waals surface area contributed by atoms with Gasteiger partial charge in [-0.15, -0.1) is 6.42 Å². The van der Waals surface area contributed by atoms with Crippen LogP contribution in [0, 0.1) is 83.4 Å².